The fourth-order valence-electron chi connectivity index (χ4n) is 5.43. The lowest BCUT2D eigenvalue weighted by Crippen LogP contribution is -2.52. The molecule has 0 radical (unpaired) electrons. The number of nitrogens with two attached hydrogens (primary N) is 1. The van der Waals surface area contributed by atoms with Crippen LogP contribution in [0.2, 0.25) is 0 Å². The molecule has 0 fully saturated rings. The Morgan fingerprint density at radius 2 is 1.70 bits per heavy atom. The number of nitrogens with zero attached hydrogens (tertiary/aromatic N) is 1. The van der Waals surface area contributed by atoms with Crippen LogP contribution in [0.1, 0.15) is 72.3 Å². The van der Waals surface area contributed by atoms with Crippen LogP contribution in [0.5, 0.6) is 0 Å². The fourth-order valence-corrected chi connectivity index (χ4v) is 5.43. The molecule has 0 spiro atoms. The zero-order valence-corrected chi connectivity index (χ0v) is 24.4. The fraction of sp³-hybridized carbons (Fsp3) is 0.581. The molecule has 0 aromatic heterocycles. The maximum atomic E-state index is 14.1. The third kappa shape index (κ3) is 8.98. The molecule has 3 atom stereocenters. The minimum absolute atomic E-state index is 0.0801. The minimum atomic E-state index is -1.54. The van der Waals surface area contributed by atoms with Gasteiger partial charge in [-0.3, -0.25) is 14.4 Å². The normalized spacial score (nSPS) is 18.5. The van der Waals surface area contributed by atoms with E-state index in [0.29, 0.717) is 36.6 Å². The predicted molar refractivity (Wildman–Crippen MR) is 152 cm³/mol. The number of carbonyl (C=O) groups excluding carboxylic acids is 3. The molecule has 0 heterocycles. The van der Waals surface area contributed by atoms with E-state index >= 15 is 0 Å². The lowest BCUT2D eigenvalue weighted by atomic mass is 9.63. The molecule has 2 rings (SSSR count). The summed E-state index contributed by atoms with van der Waals surface area (Å²) >= 11 is 0. The molecule has 0 aliphatic heterocycles. The number of hydrogen-bond donors (Lipinski definition) is 3. The van der Waals surface area contributed by atoms with Gasteiger partial charge in [-0.15, -0.1) is 0 Å². The van der Waals surface area contributed by atoms with Crippen molar-refractivity contribution in [3.8, 4) is 0 Å². The van der Waals surface area contributed by atoms with Gasteiger partial charge in [0.1, 0.15) is 11.6 Å². The van der Waals surface area contributed by atoms with Crippen molar-refractivity contribution in [1.29, 1.82) is 0 Å². The van der Waals surface area contributed by atoms with E-state index in [2.05, 4.69) is 5.32 Å². The number of primary amides is 1. The van der Waals surface area contributed by atoms with Crippen LogP contribution in [0.4, 0.5) is 8.78 Å². The summed E-state index contributed by atoms with van der Waals surface area (Å²) in [6.45, 7) is 10.6. The van der Waals surface area contributed by atoms with Crippen LogP contribution in [0, 0.1) is 28.9 Å². The topological polar surface area (TPSA) is 113 Å². The summed E-state index contributed by atoms with van der Waals surface area (Å²) in [4.78, 5) is 41.0. The molecule has 1 aliphatic rings. The zero-order chi connectivity index (χ0) is 30.0. The first kappa shape index (κ1) is 33.1. The summed E-state index contributed by atoms with van der Waals surface area (Å²) in [5.41, 5.74) is 5.70. The number of rotatable bonds is 15. The third-order valence-corrected chi connectivity index (χ3v) is 7.34. The molecule has 0 saturated heterocycles. The van der Waals surface area contributed by atoms with Crippen LogP contribution in [0.25, 0.3) is 0 Å². The van der Waals surface area contributed by atoms with Crippen LogP contribution in [-0.2, 0) is 20.8 Å². The van der Waals surface area contributed by atoms with Gasteiger partial charge < -0.3 is 21.1 Å². The number of carbonyl (C=O) groups is 3. The highest BCUT2D eigenvalue weighted by Gasteiger charge is 2.48. The van der Waals surface area contributed by atoms with E-state index in [9.17, 15) is 28.3 Å². The van der Waals surface area contributed by atoms with Crippen LogP contribution in [0.15, 0.2) is 41.5 Å². The second-order valence-electron chi connectivity index (χ2n) is 11.3. The number of aliphatic hydroxyl groups excluding tert-OH is 1. The number of nitrogens with one attached hydrogen (secondary N) is 1. The van der Waals surface area contributed by atoms with Crippen LogP contribution < -0.4 is 11.1 Å². The zero-order valence-electron chi connectivity index (χ0n) is 24.4. The first-order valence-corrected chi connectivity index (χ1v) is 14.2. The van der Waals surface area contributed by atoms with E-state index in [4.69, 9.17) is 5.73 Å². The molecule has 222 valence electrons. The lowest BCUT2D eigenvalue weighted by molar-refractivity contribution is -0.132. The monoisotopic (exact) mass is 561 g/mol. The van der Waals surface area contributed by atoms with Gasteiger partial charge in [-0.1, -0.05) is 45.4 Å². The molecular formula is C31H45F2N3O4. The molecule has 4 N–H and O–H groups in total. The smallest absolute Gasteiger partial charge is 0.249 e. The molecule has 40 heavy (non-hydrogen) atoms. The number of aliphatic hydroxyl groups is 1. The Balaban J connectivity index is 2.51. The second kappa shape index (κ2) is 15.1. The molecule has 1 aliphatic carbocycles. The van der Waals surface area contributed by atoms with Crippen molar-refractivity contribution in [2.45, 2.75) is 79.2 Å². The first-order valence-electron chi connectivity index (χ1n) is 14.2. The SMILES string of the molecule is CCCN(CCC)C(=O)C1=CC(C)=CC(C(N)=O)([C@H](Cc2cc(F)cc(F)c2)[C@@H](O)CNC(=O)CCC(C)C)C1. The highest BCUT2D eigenvalue weighted by Crippen LogP contribution is 2.44. The maximum Gasteiger partial charge on any atom is 0.249 e. The standard InChI is InChI=1S/C31H45F2N3O4/c1-6-10-36(11-7-2)29(39)23-12-21(5)17-31(18-23,30(34)40)26(15-22-13-24(32)16-25(33)14-22)27(37)19-35-28(38)9-8-20(3)4/h12-14,16-17,20,26-27,37H,6-11,15,18-19H2,1-5H3,(H2,34,40)(H,35,38)/t26-,27+,31?/m1/s1. The third-order valence-electron chi connectivity index (χ3n) is 7.34. The van der Waals surface area contributed by atoms with E-state index in [-0.39, 0.29) is 43.2 Å². The molecule has 1 unspecified atom stereocenters. The van der Waals surface area contributed by atoms with Crippen molar-refractivity contribution in [3.63, 3.8) is 0 Å². The highest BCUT2D eigenvalue weighted by atomic mass is 19.1. The van der Waals surface area contributed by atoms with E-state index in [1.165, 1.54) is 0 Å². The lowest BCUT2D eigenvalue weighted by Gasteiger charge is -2.42. The number of amides is 3. The van der Waals surface area contributed by atoms with Crippen molar-refractivity contribution in [3.05, 3.63) is 58.7 Å². The number of hydrogen-bond acceptors (Lipinski definition) is 4. The highest BCUT2D eigenvalue weighted by molar-refractivity contribution is 5.97. The molecule has 9 heteroatoms. The van der Waals surface area contributed by atoms with Gasteiger partial charge in [0.25, 0.3) is 0 Å². The molecule has 3 amide bonds. The maximum absolute atomic E-state index is 14.1. The molecule has 0 bridgehead atoms. The quantitative estimate of drug-likeness (QED) is 0.294. The summed E-state index contributed by atoms with van der Waals surface area (Å²) < 4.78 is 28.2. The van der Waals surface area contributed by atoms with Crippen LogP contribution in [0.3, 0.4) is 0 Å². The Morgan fingerprint density at radius 1 is 1.10 bits per heavy atom. The number of halogens is 2. The van der Waals surface area contributed by atoms with Crippen LogP contribution in [-0.4, -0.2) is 53.5 Å². The van der Waals surface area contributed by atoms with Crippen molar-refractivity contribution in [2.24, 2.45) is 23.0 Å². The van der Waals surface area contributed by atoms with Gasteiger partial charge in [0.05, 0.1) is 11.5 Å². The average molecular weight is 562 g/mol. The Hall–Kier alpha value is -3.07. The van der Waals surface area contributed by atoms with Gasteiger partial charge in [-0.2, -0.15) is 0 Å². The minimum Gasteiger partial charge on any atom is -0.391 e. The van der Waals surface area contributed by atoms with E-state index in [1.807, 2.05) is 27.7 Å². The van der Waals surface area contributed by atoms with Gasteiger partial charge in [-0.25, -0.2) is 8.78 Å². The molecule has 1 aromatic carbocycles. The Kier molecular flexibility index (Phi) is 12.5. The van der Waals surface area contributed by atoms with Gasteiger partial charge in [0.2, 0.25) is 17.7 Å². The van der Waals surface area contributed by atoms with Gasteiger partial charge in [0, 0.05) is 43.6 Å². The molecular weight excluding hydrogens is 516 g/mol. The predicted octanol–water partition coefficient (Wildman–Crippen LogP) is 4.43. The first-order chi connectivity index (χ1) is 18.8. The molecule has 0 saturated carbocycles. The number of allylic oxidation sites excluding steroid dienone is 2. The van der Waals surface area contributed by atoms with Crippen molar-refractivity contribution < 1.29 is 28.3 Å². The summed E-state index contributed by atoms with van der Waals surface area (Å²) in [6.07, 6.45) is 4.33. The van der Waals surface area contributed by atoms with Gasteiger partial charge in [-0.05, 0) is 62.6 Å². The van der Waals surface area contributed by atoms with E-state index < -0.39 is 35.0 Å². The number of benzene rings is 1. The Labute approximate surface area is 236 Å². The van der Waals surface area contributed by atoms with Gasteiger partial charge >= 0.3 is 0 Å². The summed E-state index contributed by atoms with van der Waals surface area (Å²) in [7, 11) is 0. The average Bonchev–Trinajstić information content (AvgIpc) is 2.87. The molecule has 7 nitrogen and oxygen atoms in total. The van der Waals surface area contributed by atoms with Crippen molar-refractivity contribution >= 4 is 17.7 Å². The Morgan fingerprint density at radius 3 is 2.23 bits per heavy atom. The second-order valence-corrected chi connectivity index (χ2v) is 11.3. The molecule has 1 aromatic rings. The van der Waals surface area contributed by atoms with Crippen molar-refractivity contribution in [1.82, 2.24) is 10.2 Å². The largest absolute Gasteiger partial charge is 0.391 e. The van der Waals surface area contributed by atoms with Crippen molar-refractivity contribution in [2.75, 3.05) is 19.6 Å². The summed E-state index contributed by atoms with van der Waals surface area (Å²) in [5.74, 6) is -3.49. The Bertz CT molecular complexity index is 1090. The summed E-state index contributed by atoms with van der Waals surface area (Å²) in [6, 6.07) is 3.03. The van der Waals surface area contributed by atoms with Gasteiger partial charge in [0.15, 0.2) is 0 Å². The van der Waals surface area contributed by atoms with Crippen LogP contribution >= 0.6 is 0 Å². The van der Waals surface area contributed by atoms with E-state index in [1.54, 1.807) is 24.0 Å². The summed E-state index contributed by atoms with van der Waals surface area (Å²) in [5, 5.41) is 14.2. The van der Waals surface area contributed by atoms with E-state index in [0.717, 1.165) is 31.0 Å².